The highest BCUT2D eigenvalue weighted by Gasteiger charge is 2.20. The molecule has 0 radical (unpaired) electrons. The summed E-state index contributed by atoms with van der Waals surface area (Å²) < 4.78 is 5.50. The van der Waals surface area contributed by atoms with Crippen molar-refractivity contribution in [3.8, 4) is 0 Å². The summed E-state index contributed by atoms with van der Waals surface area (Å²) in [5.41, 5.74) is 3.85. The van der Waals surface area contributed by atoms with Gasteiger partial charge in [-0.1, -0.05) is 38.1 Å². The molecule has 1 atom stereocenters. The van der Waals surface area contributed by atoms with Crippen molar-refractivity contribution in [2.45, 2.75) is 46.0 Å². The number of thiocarbonyl (C=S) groups is 1. The Kier molecular flexibility index (Phi) is 8.52. The average molecular weight is 416 g/mol. The minimum atomic E-state index is 0.465. The number of aryl methyl sites for hydroxylation is 1. The maximum Gasteiger partial charge on any atom is 0.173 e. The molecule has 29 heavy (non-hydrogen) atoms. The third kappa shape index (κ3) is 6.53. The predicted molar refractivity (Wildman–Crippen MR) is 127 cm³/mol. The molecule has 0 spiro atoms. The van der Waals surface area contributed by atoms with Crippen molar-refractivity contribution >= 4 is 23.0 Å². The van der Waals surface area contributed by atoms with Gasteiger partial charge in [-0.15, -0.1) is 0 Å². The number of allylic oxidation sites excluding steroid dienone is 2. The lowest BCUT2D eigenvalue weighted by molar-refractivity contribution is 0.0356. The molecule has 1 unspecified atom stereocenters. The minimum Gasteiger partial charge on any atom is -0.379 e. The van der Waals surface area contributed by atoms with E-state index in [4.69, 9.17) is 17.0 Å². The van der Waals surface area contributed by atoms with Gasteiger partial charge >= 0.3 is 0 Å². The van der Waals surface area contributed by atoms with Crippen molar-refractivity contribution in [3.05, 3.63) is 41.5 Å². The first-order valence-corrected chi connectivity index (χ1v) is 11.6. The Labute approximate surface area is 182 Å². The molecule has 1 aromatic rings. The van der Waals surface area contributed by atoms with E-state index in [1.807, 2.05) is 0 Å². The van der Waals surface area contributed by atoms with Crippen molar-refractivity contribution < 1.29 is 4.74 Å². The van der Waals surface area contributed by atoms with Crippen LogP contribution in [-0.4, -0.2) is 60.8 Å². The van der Waals surface area contributed by atoms with Gasteiger partial charge in [-0.2, -0.15) is 0 Å². The van der Waals surface area contributed by atoms with Crippen molar-refractivity contribution in [1.29, 1.82) is 0 Å². The molecule has 0 bridgehead atoms. The Bertz CT molecular complexity index is 697. The van der Waals surface area contributed by atoms with Crippen LogP contribution in [0.4, 0.5) is 5.69 Å². The van der Waals surface area contributed by atoms with Crippen molar-refractivity contribution in [3.63, 3.8) is 0 Å². The first kappa shape index (κ1) is 22.3. The molecule has 1 aliphatic carbocycles. The van der Waals surface area contributed by atoms with Crippen LogP contribution in [0, 0.1) is 12.8 Å². The van der Waals surface area contributed by atoms with Gasteiger partial charge in [-0.3, -0.25) is 4.90 Å². The van der Waals surface area contributed by atoms with E-state index in [0.29, 0.717) is 11.8 Å². The molecule has 0 amide bonds. The second-order valence-corrected chi connectivity index (χ2v) is 9.06. The summed E-state index contributed by atoms with van der Waals surface area (Å²) in [6, 6.07) is 6.47. The van der Waals surface area contributed by atoms with E-state index < -0.39 is 0 Å². The zero-order valence-corrected chi connectivity index (χ0v) is 19.1. The smallest absolute Gasteiger partial charge is 0.173 e. The van der Waals surface area contributed by atoms with E-state index >= 15 is 0 Å². The van der Waals surface area contributed by atoms with Crippen LogP contribution in [0.2, 0.25) is 0 Å². The molecule has 3 rings (SSSR count). The van der Waals surface area contributed by atoms with Crippen LogP contribution in [0.3, 0.4) is 0 Å². The molecule has 0 saturated carbocycles. The van der Waals surface area contributed by atoms with Gasteiger partial charge in [-0.25, -0.2) is 0 Å². The first-order valence-electron chi connectivity index (χ1n) is 11.1. The molecule has 2 aliphatic rings. The normalized spacial score (nSPS) is 20.1. The standard InChI is InChI=1S/C24H37N3OS/c1-19(2)23-20(3)8-7-11-22(23)25-24(29)27(18-21-9-5-4-6-10-21)13-12-26-14-16-28-17-15-26/h4-5,7-8,11,19,21H,6,9-10,12-18H2,1-3H3,(H,25,29). The Hall–Kier alpha value is -1.43. The molecule has 1 N–H and O–H groups in total. The lowest BCUT2D eigenvalue weighted by Crippen LogP contribution is -2.45. The highest BCUT2D eigenvalue weighted by Crippen LogP contribution is 2.28. The summed E-state index contributed by atoms with van der Waals surface area (Å²) in [4.78, 5) is 4.90. The lowest BCUT2D eigenvalue weighted by atomic mass is 9.94. The summed E-state index contributed by atoms with van der Waals surface area (Å²) in [6.07, 6.45) is 8.26. The Balaban J connectivity index is 1.69. The Morgan fingerprint density at radius 3 is 2.76 bits per heavy atom. The number of nitrogens with one attached hydrogen (secondary N) is 1. The van der Waals surface area contributed by atoms with Crippen LogP contribution >= 0.6 is 12.2 Å². The third-order valence-corrected chi connectivity index (χ3v) is 6.44. The second-order valence-electron chi connectivity index (χ2n) is 8.67. The van der Waals surface area contributed by atoms with Gasteiger partial charge in [0.05, 0.1) is 13.2 Å². The fourth-order valence-corrected chi connectivity index (χ4v) is 4.72. The van der Waals surface area contributed by atoms with Crippen LogP contribution in [0.15, 0.2) is 30.4 Å². The van der Waals surface area contributed by atoms with Crippen LogP contribution < -0.4 is 5.32 Å². The molecule has 1 aromatic carbocycles. The topological polar surface area (TPSA) is 27.7 Å². The van der Waals surface area contributed by atoms with Gasteiger partial charge in [0.25, 0.3) is 0 Å². The van der Waals surface area contributed by atoms with E-state index in [1.165, 1.54) is 30.4 Å². The van der Waals surface area contributed by atoms with Crippen molar-refractivity contribution in [2.24, 2.45) is 5.92 Å². The molecular weight excluding hydrogens is 378 g/mol. The van der Waals surface area contributed by atoms with Gasteiger partial charge in [-0.05, 0) is 67.4 Å². The molecule has 1 saturated heterocycles. The zero-order valence-electron chi connectivity index (χ0n) is 18.3. The number of rotatable bonds is 7. The van der Waals surface area contributed by atoms with Crippen LogP contribution in [0.1, 0.15) is 50.2 Å². The van der Waals surface area contributed by atoms with E-state index in [9.17, 15) is 0 Å². The SMILES string of the molecule is Cc1cccc(NC(=S)N(CCN2CCOCC2)CC2CC=CCC2)c1C(C)C. The Morgan fingerprint density at radius 2 is 2.07 bits per heavy atom. The summed E-state index contributed by atoms with van der Waals surface area (Å²) in [5, 5.41) is 4.47. The molecule has 1 heterocycles. The van der Waals surface area contributed by atoms with Gasteiger partial charge in [0.2, 0.25) is 0 Å². The molecule has 160 valence electrons. The summed E-state index contributed by atoms with van der Waals surface area (Å²) >= 11 is 5.94. The fourth-order valence-electron chi connectivity index (χ4n) is 4.45. The number of hydrogen-bond donors (Lipinski definition) is 1. The number of morpholine rings is 1. The highest BCUT2D eigenvalue weighted by atomic mass is 32.1. The Morgan fingerprint density at radius 1 is 1.28 bits per heavy atom. The first-order chi connectivity index (χ1) is 14.0. The van der Waals surface area contributed by atoms with Crippen molar-refractivity contribution in [1.82, 2.24) is 9.80 Å². The third-order valence-electron chi connectivity index (χ3n) is 6.08. The average Bonchev–Trinajstić information content (AvgIpc) is 2.72. The number of hydrogen-bond acceptors (Lipinski definition) is 3. The molecular formula is C24H37N3OS. The lowest BCUT2D eigenvalue weighted by Gasteiger charge is -2.34. The molecule has 0 aromatic heterocycles. The van der Waals surface area contributed by atoms with Gasteiger partial charge < -0.3 is 15.0 Å². The number of anilines is 1. The number of ether oxygens (including phenoxy) is 1. The van der Waals surface area contributed by atoms with E-state index in [2.05, 4.69) is 66.2 Å². The molecule has 1 fully saturated rings. The van der Waals surface area contributed by atoms with E-state index in [-0.39, 0.29) is 0 Å². The molecule has 1 aliphatic heterocycles. The van der Waals surface area contributed by atoms with E-state index in [0.717, 1.165) is 56.7 Å². The summed E-state index contributed by atoms with van der Waals surface area (Å²) in [7, 11) is 0. The minimum absolute atomic E-state index is 0.465. The molecule has 5 heteroatoms. The second kappa shape index (κ2) is 11.1. The van der Waals surface area contributed by atoms with E-state index in [1.54, 1.807) is 0 Å². The summed E-state index contributed by atoms with van der Waals surface area (Å²) in [6.45, 7) is 13.5. The highest BCUT2D eigenvalue weighted by molar-refractivity contribution is 7.80. The van der Waals surface area contributed by atoms with Crippen LogP contribution in [-0.2, 0) is 4.74 Å². The van der Waals surface area contributed by atoms with Gasteiger partial charge in [0.15, 0.2) is 5.11 Å². The number of nitrogens with zero attached hydrogens (tertiary/aromatic N) is 2. The fraction of sp³-hybridized carbons (Fsp3) is 0.625. The monoisotopic (exact) mass is 415 g/mol. The number of benzene rings is 1. The quantitative estimate of drug-likeness (QED) is 0.510. The zero-order chi connectivity index (χ0) is 20.6. The largest absolute Gasteiger partial charge is 0.379 e. The summed E-state index contributed by atoms with van der Waals surface area (Å²) in [5.74, 6) is 1.15. The van der Waals surface area contributed by atoms with Crippen LogP contribution in [0.5, 0.6) is 0 Å². The predicted octanol–water partition coefficient (Wildman–Crippen LogP) is 4.81. The van der Waals surface area contributed by atoms with Gasteiger partial charge in [0, 0.05) is 38.4 Å². The van der Waals surface area contributed by atoms with Gasteiger partial charge in [0.1, 0.15) is 0 Å². The van der Waals surface area contributed by atoms with Crippen molar-refractivity contribution in [2.75, 3.05) is 51.3 Å². The molecule has 4 nitrogen and oxygen atoms in total. The maximum atomic E-state index is 5.94. The van der Waals surface area contributed by atoms with Crippen LogP contribution in [0.25, 0.3) is 0 Å². The maximum absolute atomic E-state index is 5.94.